The van der Waals surface area contributed by atoms with Gasteiger partial charge >= 0.3 is 0 Å². The molecular weight excluding hydrogens is 506 g/mol. The number of hydrogen-bond donors (Lipinski definition) is 3. The van der Waals surface area contributed by atoms with E-state index in [0.29, 0.717) is 12.8 Å². The highest BCUT2D eigenvalue weighted by atomic mass is 16.3. The van der Waals surface area contributed by atoms with Crippen molar-refractivity contribution < 1.29 is 15.0 Å². The number of carbonyl (C=O) groups is 1. The van der Waals surface area contributed by atoms with Crippen LogP contribution in [0.15, 0.2) is 0 Å². The lowest BCUT2D eigenvalue weighted by Gasteiger charge is -2.22. The molecule has 0 heterocycles. The van der Waals surface area contributed by atoms with Gasteiger partial charge in [0, 0.05) is 6.42 Å². The van der Waals surface area contributed by atoms with Crippen molar-refractivity contribution in [2.45, 2.75) is 225 Å². The van der Waals surface area contributed by atoms with Crippen LogP contribution < -0.4 is 5.32 Å². The van der Waals surface area contributed by atoms with Crippen molar-refractivity contribution in [2.24, 2.45) is 0 Å². The van der Waals surface area contributed by atoms with Gasteiger partial charge in [-0.15, -0.1) is 0 Å². The third-order valence-electron chi connectivity index (χ3n) is 8.84. The molecular formula is C37H75NO3. The summed E-state index contributed by atoms with van der Waals surface area (Å²) in [4.78, 5) is 11.7. The van der Waals surface area contributed by atoms with Crippen LogP contribution in [0.2, 0.25) is 0 Å². The highest BCUT2D eigenvalue weighted by Gasteiger charge is 2.19. The maximum absolute atomic E-state index is 11.7. The Balaban J connectivity index is 3.23. The topological polar surface area (TPSA) is 69.6 Å². The summed E-state index contributed by atoms with van der Waals surface area (Å²) < 4.78 is 0. The average Bonchev–Trinajstić information content (AvgIpc) is 2.97. The van der Waals surface area contributed by atoms with Crippen LogP contribution in [-0.2, 0) is 4.79 Å². The molecule has 0 fully saturated rings. The van der Waals surface area contributed by atoms with Gasteiger partial charge in [0.25, 0.3) is 0 Å². The van der Waals surface area contributed by atoms with Crippen LogP contribution in [0.5, 0.6) is 0 Å². The lowest BCUT2D eigenvalue weighted by atomic mass is 10.0. The van der Waals surface area contributed by atoms with Crippen LogP contribution in [0.4, 0.5) is 0 Å². The summed E-state index contributed by atoms with van der Waals surface area (Å²) in [5.74, 6) is -0.0824. The summed E-state index contributed by atoms with van der Waals surface area (Å²) >= 11 is 0. The quantitative estimate of drug-likeness (QED) is 0.0662. The van der Waals surface area contributed by atoms with Crippen LogP contribution in [-0.4, -0.2) is 34.9 Å². The lowest BCUT2D eigenvalue weighted by molar-refractivity contribution is -0.123. The molecule has 0 aromatic rings. The van der Waals surface area contributed by atoms with Crippen molar-refractivity contribution in [1.29, 1.82) is 0 Å². The van der Waals surface area contributed by atoms with E-state index < -0.39 is 12.1 Å². The van der Waals surface area contributed by atoms with E-state index in [1.807, 2.05) is 6.92 Å². The number of amides is 1. The Bertz CT molecular complexity index is 512. The second-order valence-electron chi connectivity index (χ2n) is 13.0. The number of unbranched alkanes of at least 4 members (excludes halogenated alkanes) is 27. The minimum absolute atomic E-state index is 0.0824. The number of carbonyl (C=O) groups excluding carboxylic acids is 1. The monoisotopic (exact) mass is 582 g/mol. The van der Waals surface area contributed by atoms with Gasteiger partial charge in [0.05, 0.1) is 18.8 Å². The van der Waals surface area contributed by atoms with E-state index in [-0.39, 0.29) is 12.5 Å². The SMILES string of the molecule is CCCCCCCCCCCCCCCCCCCCCCCCCCCCCCC(O)C(CO)NC(=O)CCC. The van der Waals surface area contributed by atoms with Crippen LogP contribution >= 0.6 is 0 Å². The number of aliphatic hydroxyl groups is 2. The van der Waals surface area contributed by atoms with Crippen LogP contribution in [0.25, 0.3) is 0 Å². The van der Waals surface area contributed by atoms with Crippen molar-refractivity contribution in [3.05, 3.63) is 0 Å². The first-order valence-corrected chi connectivity index (χ1v) is 18.7. The molecule has 0 spiro atoms. The molecule has 0 bridgehead atoms. The Morgan fingerprint density at radius 1 is 0.488 bits per heavy atom. The molecule has 0 radical (unpaired) electrons. The van der Waals surface area contributed by atoms with Crippen molar-refractivity contribution in [3.8, 4) is 0 Å². The molecule has 0 aromatic heterocycles. The molecule has 0 aliphatic heterocycles. The van der Waals surface area contributed by atoms with E-state index in [1.54, 1.807) is 0 Å². The maximum Gasteiger partial charge on any atom is 0.220 e. The Morgan fingerprint density at radius 2 is 0.780 bits per heavy atom. The van der Waals surface area contributed by atoms with Crippen molar-refractivity contribution in [2.75, 3.05) is 6.61 Å². The fraction of sp³-hybridized carbons (Fsp3) is 0.973. The first-order valence-electron chi connectivity index (χ1n) is 18.7. The fourth-order valence-corrected chi connectivity index (χ4v) is 5.99. The fourth-order valence-electron chi connectivity index (χ4n) is 5.99. The van der Waals surface area contributed by atoms with Crippen LogP contribution in [0.3, 0.4) is 0 Å². The summed E-state index contributed by atoms with van der Waals surface area (Å²) in [6, 6.07) is -0.525. The Morgan fingerprint density at radius 3 is 1.05 bits per heavy atom. The van der Waals surface area contributed by atoms with Crippen molar-refractivity contribution in [1.82, 2.24) is 5.32 Å². The van der Waals surface area contributed by atoms with E-state index in [9.17, 15) is 15.0 Å². The molecule has 0 saturated heterocycles. The smallest absolute Gasteiger partial charge is 0.220 e. The van der Waals surface area contributed by atoms with E-state index >= 15 is 0 Å². The normalized spacial score (nSPS) is 13.0. The summed E-state index contributed by atoms with van der Waals surface area (Å²) in [7, 11) is 0. The third kappa shape index (κ3) is 30.6. The van der Waals surface area contributed by atoms with E-state index in [4.69, 9.17) is 0 Å². The molecule has 246 valence electrons. The minimum atomic E-state index is -0.648. The molecule has 0 aliphatic rings. The van der Waals surface area contributed by atoms with Gasteiger partial charge in [0.1, 0.15) is 0 Å². The Labute approximate surface area is 257 Å². The van der Waals surface area contributed by atoms with Gasteiger partial charge in [0.2, 0.25) is 5.91 Å². The zero-order chi connectivity index (χ0) is 30.1. The number of hydrogen-bond acceptors (Lipinski definition) is 3. The molecule has 4 heteroatoms. The molecule has 0 rings (SSSR count). The van der Waals surface area contributed by atoms with Crippen molar-refractivity contribution >= 4 is 5.91 Å². The molecule has 2 atom stereocenters. The molecule has 2 unspecified atom stereocenters. The maximum atomic E-state index is 11.7. The first kappa shape index (κ1) is 40.4. The number of rotatable bonds is 34. The summed E-state index contributed by atoms with van der Waals surface area (Å²) in [5.41, 5.74) is 0. The third-order valence-corrected chi connectivity index (χ3v) is 8.84. The second-order valence-corrected chi connectivity index (χ2v) is 13.0. The standard InChI is InChI=1S/C37H75NO3/c1-3-5-6-7-8-9-10-11-12-13-14-15-16-17-18-19-20-21-22-23-24-25-26-27-28-29-30-31-33-36(40)35(34-39)38-37(41)32-4-2/h35-36,39-40H,3-34H2,1-2H3,(H,38,41). The van der Waals surface area contributed by atoms with Gasteiger partial charge in [-0.1, -0.05) is 194 Å². The predicted octanol–water partition coefficient (Wildman–Crippen LogP) is 11.0. The predicted molar refractivity (Wildman–Crippen MR) is 179 cm³/mol. The first-order chi connectivity index (χ1) is 20.2. The Hall–Kier alpha value is -0.610. The zero-order valence-corrected chi connectivity index (χ0v) is 28.1. The molecule has 3 N–H and O–H groups in total. The minimum Gasteiger partial charge on any atom is -0.394 e. The molecule has 0 aliphatic carbocycles. The largest absolute Gasteiger partial charge is 0.394 e. The summed E-state index contributed by atoms with van der Waals surface area (Å²) in [6.07, 6.45) is 40.3. The van der Waals surface area contributed by atoms with E-state index in [2.05, 4.69) is 12.2 Å². The summed E-state index contributed by atoms with van der Waals surface area (Å²) in [6.45, 7) is 4.05. The molecule has 1 amide bonds. The Kier molecular flexibility index (Phi) is 33.4. The van der Waals surface area contributed by atoms with Gasteiger partial charge in [-0.3, -0.25) is 4.79 Å². The van der Waals surface area contributed by atoms with Gasteiger partial charge < -0.3 is 15.5 Å². The number of nitrogens with one attached hydrogen (secondary N) is 1. The molecule has 4 nitrogen and oxygen atoms in total. The van der Waals surface area contributed by atoms with Crippen LogP contribution in [0, 0.1) is 0 Å². The van der Waals surface area contributed by atoms with Crippen molar-refractivity contribution in [3.63, 3.8) is 0 Å². The molecule has 41 heavy (non-hydrogen) atoms. The van der Waals surface area contributed by atoms with Gasteiger partial charge in [-0.2, -0.15) is 0 Å². The lowest BCUT2D eigenvalue weighted by Crippen LogP contribution is -2.45. The molecule has 0 aromatic carbocycles. The molecule has 0 saturated carbocycles. The van der Waals surface area contributed by atoms with Gasteiger partial charge in [-0.05, 0) is 12.8 Å². The highest BCUT2D eigenvalue weighted by molar-refractivity contribution is 5.76. The van der Waals surface area contributed by atoms with E-state index in [1.165, 1.54) is 167 Å². The van der Waals surface area contributed by atoms with E-state index in [0.717, 1.165) is 19.3 Å². The summed E-state index contributed by atoms with van der Waals surface area (Å²) in [5, 5.41) is 22.4. The second kappa shape index (κ2) is 33.9. The highest BCUT2D eigenvalue weighted by Crippen LogP contribution is 2.17. The van der Waals surface area contributed by atoms with Gasteiger partial charge in [0.15, 0.2) is 0 Å². The average molecular weight is 582 g/mol. The van der Waals surface area contributed by atoms with Crippen LogP contribution in [0.1, 0.15) is 213 Å². The zero-order valence-electron chi connectivity index (χ0n) is 28.1. The number of aliphatic hydroxyl groups excluding tert-OH is 2. The van der Waals surface area contributed by atoms with Gasteiger partial charge in [-0.25, -0.2) is 0 Å².